The van der Waals surface area contributed by atoms with Crippen molar-refractivity contribution in [2.75, 3.05) is 0 Å². The van der Waals surface area contributed by atoms with Crippen LogP contribution in [0.5, 0.6) is 0 Å². The summed E-state index contributed by atoms with van der Waals surface area (Å²) in [6.45, 7) is 6.79. The van der Waals surface area contributed by atoms with Gasteiger partial charge in [-0.15, -0.1) is 0 Å². The van der Waals surface area contributed by atoms with Gasteiger partial charge in [0.25, 0.3) is 0 Å². The summed E-state index contributed by atoms with van der Waals surface area (Å²) in [4.78, 5) is 0. The molecule has 0 aromatic heterocycles. The normalized spacial score (nSPS) is 13.7. The third kappa shape index (κ3) is 5.88. The van der Waals surface area contributed by atoms with Gasteiger partial charge in [-0.1, -0.05) is 40.0 Å². The minimum atomic E-state index is 0.912. The predicted octanol–water partition coefficient (Wildman–Crippen LogP) is 3.43. The molecular weight excluding hydrogens is 108 g/mol. The molecule has 0 rings (SSSR count). The first kappa shape index (κ1) is 9.00. The van der Waals surface area contributed by atoms with E-state index in [2.05, 4.69) is 27.2 Å². The fourth-order valence-corrected chi connectivity index (χ4v) is 1.06. The van der Waals surface area contributed by atoms with Crippen LogP contribution in [0.4, 0.5) is 0 Å². The number of rotatable bonds is 5. The highest BCUT2D eigenvalue weighted by Gasteiger charge is 1.97. The molecule has 0 heteroatoms. The van der Waals surface area contributed by atoms with Crippen LogP contribution in [0, 0.1) is 12.3 Å². The van der Waals surface area contributed by atoms with Gasteiger partial charge in [0, 0.05) is 0 Å². The quantitative estimate of drug-likeness (QED) is 0.530. The van der Waals surface area contributed by atoms with Crippen molar-refractivity contribution in [1.29, 1.82) is 0 Å². The lowest BCUT2D eigenvalue weighted by Gasteiger charge is -2.06. The van der Waals surface area contributed by atoms with Crippen molar-refractivity contribution in [1.82, 2.24) is 0 Å². The van der Waals surface area contributed by atoms with Crippen LogP contribution in [0.25, 0.3) is 0 Å². The van der Waals surface area contributed by atoms with Gasteiger partial charge in [-0.25, -0.2) is 0 Å². The lowest BCUT2D eigenvalue weighted by molar-refractivity contribution is 0.512. The Morgan fingerprint density at radius 1 is 1.33 bits per heavy atom. The number of unbranched alkanes of at least 4 members (excludes halogenated alkanes) is 1. The Kier molecular flexibility index (Phi) is 6.12. The molecule has 0 aliphatic heterocycles. The highest BCUT2D eigenvalue weighted by Crippen LogP contribution is 2.11. The van der Waals surface area contributed by atoms with E-state index in [4.69, 9.17) is 0 Å². The van der Waals surface area contributed by atoms with Crippen molar-refractivity contribution >= 4 is 0 Å². The van der Waals surface area contributed by atoms with E-state index in [1.54, 1.807) is 0 Å². The summed E-state index contributed by atoms with van der Waals surface area (Å²) in [6.07, 6.45) is 7.63. The van der Waals surface area contributed by atoms with Gasteiger partial charge in [0.1, 0.15) is 0 Å². The summed E-state index contributed by atoms with van der Waals surface area (Å²) in [5.74, 6) is 0.912. The molecule has 0 heterocycles. The third-order valence-corrected chi connectivity index (χ3v) is 1.64. The van der Waals surface area contributed by atoms with E-state index >= 15 is 0 Å². The van der Waals surface area contributed by atoms with E-state index in [-0.39, 0.29) is 0 Å². The summed E-state index contributed by atoms with van der Waals surface area (Å²) in [6, 6.07) is 0. The van der Waals surface area contributed by atoms with Crippen LogP contribution in [0.1, 0.15) is 46.5 Å². The van der Waals surface area contributed by atoms with Crippen molar-refractivity contribution in [3.05, 3.63) is 6.42 Å². The SMILES string of the molecule is CC[CH]CC(C)CCC. The van der Waals surface area contributed by atoms with Crippen molar-refractivity contribution < 1.29 is 0 Å². The van der Waals surface area contributed by atoms with Crippen LogP contribution in [-0.4, -0.2) is 0 Å². The van der Waals surface area contributed by atoms with Gasteiger partial charge in [0.05, 0.1) is 0 Å². The minimum Gasteiger partial charge on any atom is -0.0654 e. The van der Waals surface area contributed by atoms with Crippen LogP contribution in [0.3, 0.4) is 0 Å². The summed E-state index contributed by atoms with van der Waals surface area (Å²) < 4.78 is 0. The molecule has 0 N–H and O–H groups in total. The average Bonchev–Trinajstić information content (AvgIpc) is 1.85. The van der Waals surface area contributed by atoms with Gasteiger partial charge in [-0.05, 0) is 18.8 Å². The monoisotopic (exact) mass is 127 g/mol. The largest absolute Gasteiger partial charge is 0.0654 e. The Labute approximate surface area is 59.7 Å². The molecule has 0 bridgehead atoms. The molecule has 9 heavy (non-hydrogen) atoms. The van der Waals surface area contributed by atoms with Gasteiger partial charge < -0.3 is 0 Å². The minimum absolute atomic E-state index is 0.912. The summed E-state index contributed by atoms with van der Waals surface area (Å²) >= 11 is 0. The summed E-state index contributed by atoms with van der Waals surface area (Å²) in [5, 5.41) is 0. The topological polar surface area (TPSA) is 0 Å². The lowest BCUT2D eigenvalue weighted by atomic mass is 10.00. The highest BCUT2D eigenvalue weighted by atomic mass is 14.0. The molecule has 0 aliphatic rings. The molecule has 0 fully saturated rings. The Balaban J connectivity index is 2.95. The third-order valence-electron chi connectivity index (χ3n) is 1.64. The lowest BCUT2D eigenvalue weighted by Crippen LogP contribution is -1.92. The number of hydrogen-bond donors (Lipinski definition) is 0. The van der Waals surface area contributed by atoms with E-state index in [1.165, 1.54) is 25.7 Å². The molecular formula is C9H19. The Morgan fingerprint density at radius 2 is 2.00 bits per heavy atom. The molecule has 0 spiro atoms. The predicted molar refractivity (Wildman–Crippen MR) is 43.3 cm³/mol. The Morgan fingerprint density at radius 3 is 2.44 bits per heavy atom. The molecule has 0 nitrogen and oxygen atoms in total. The van der Waals surface area contributed by atoms with Gasteiger partial charge in [-0.2, -0.15) is 0 Å². The van der Waals surface area contributed by atoms with Crippen molar-refractivity contribution in [3.63, 3.8) is 0 Å². The molecule has 0 aliphatic carbocycles. The first-order valence-electron chi connectivity index (χ1n) is 4.12. The van der Waals surface area contributed by atoms with E-state index in [0.29, 0.717) is 0 Å². The second kappa shape index (κ2) is 6.12. The molecule has 0 aromatic rings. The zero-order valence-corrected chi connectivity index (χ0v) is 6.98. The smallest absolute Gasteiger partial charge is 0.0386 e. The summed E-state index contributed by atoms with van der Waals surface area (Å²) in [7, 11) is 0. The van der Waals surface area contributed by atoms with Crippen molar-refractivity contribution in [2.24, 2.45) is 5.92 Å². The van der Waals surface area contributed by atoms with Gasteiger partial charge in [0.2, 0.25) is 0 Å². The van der Waals surface area contributed by atoms with Crippen LogP contribution < -0.4 is 0 Å². The molecule has 0 saturated carbocycles. The molecule has 1 atom stereocenters. The molecule has 55 valence electrons. The molecule has 0 saturated heterocycles. The van der Waals surface area contributed by atoms with Crippen LogP contribution in [-0.2, 0) is 0 Å². The highest BCUT2D eigenvalue weighted by molar-refractivity contribution is 4.65. The zero-order valence-electron chi connectivity index (χ0n) is 6.98. The molecule has 0 aromatic carbocycles. The Bertz CT molecular complexity index is 48.0. The van der Waals surface area contributed by atoms with E-state index < -0.39 is 0 Å². The maximum Gasteiger partial charge on any atom is -0.0386 e. The van der Waals surface area contributed by atoms with E-state index in [1.807, 2.05) is 0 Å². The molecule has 1 unspecified atom stereocenters. The fraction of sp³-hybridized carbons (Fsp3) is 0.889. The van der Waals surface area contributed by atoms with Crippen LogP contribution in [0.2, 0.25) is 0 Å². The second-order valence-electron chi connectivity index (χ2n) is 2.83. The fourth-order valence-electron chi connectivity index (χ4n) is 1.06. The van der Waals surface area contributed by atoms with Gasteiger partial charge in [0.15, 0.2) is 0 Å². The van der Waals surface area contributed by atoms with E-state index in [0.717, 1.165) is 5.92 Å². The first-order chi connectivity index (χ1) is 4.31. The van der Waals surface area contributed by atoms with Crippen LogP contribution in [0.15, 0.2) is 0 Å². The van der Waals surface area contributed by atoms with Gasteiger partial charge in [-0.3, -0.25) is 0 Å². The molecule has 0 amide bonds. The maximum atomic E-state index is 2.38. The standard InChI is InChI=1S/C9H19/c1-4-6-8-9(3)7-5-2/h6,9H,4-5,7-8H2,1-3H3. The maximum absolute atomic E-state index is 2.38. The number of hydrogen-bond acceptors (Lipinski definition) is 0. The second-order valence-corrected chi connectivity index (χ2v) is 2.83. The van der Waals surface area contributed by atoms with Gasteiger partial charge >= 0.3 is 0 Å². The zero-order chi connectivity index (χ0) is 7.11. The first-order valence-corrected chi connectivity index (χ1v) is 4.12. The van der Waals surface area contributed by atoms with Crippen molar-refractivity contribution in [3.8, 4) is 0 Å². The van der Waals surface area contributed by atoms with Crippen LogP contribution >= 0.6 is 0 Å². The Hall–Kier alpha value is 0. The average molecular weight is 127 g/mol. The summed E-state index contributed by atoms with van der Waals surface area (Å²) in [5.41, 5.74) is 0. The van der Waals surface area contributed by atoms with Crippen molar-refractivity contribution in [2.45, 2.75) is 46.5 Å². The molecule has 1 radical (unpaired) electrons. The van der Waals surface area contributed by atoms with E-state index in [9.17, 15) is 0 Å².